The van der Waals surface area contributed by atoms with Crippen LogP contribution in [-0.4, -0.2) is 13.1 Å². The molecule has 1 rings (SSSR count). The summed E-state index contributed by atoms with van der Waals surface area (Å²) >= 11 is 2.52. The van der Waals surface area contributed by atoms with Crippen molar-refractivity contribution in [1.29, 1.82) is 0 Å². The fourth-order valence-corrected chi connectivity index (χ4v) is 1.93. The maximum absolute atomic E-state index is 12.7. The maximum atomic E-state index is 12.7. The molecule has 0 aliphatic rings. The molecule has 1 aromatic rings. The average Bonchev–Trinajstić information content (AvgIpc) is 2.24. The van der Waals surface area contributed by atoms with Crippen molar-refractivity contribution in [2.75, 3.05) is 7.11 Å². The van der Waals surface area contributed by atoms with E-state index in [2.05, 4.69) is 20.7 Å². The van der Waals surface area contributed by atoms with Crippen molar-refractivity contribution in [3.05, 3.63) is 33.3 Å². The van der Waals surface area contributed by atoms with E-state index in [9.17, 15) is 31.1 Å². The Labute approximate surface area is 111 Å². The second-order valence-corrected chi connectivity index (χ2v) is 4.22. The predicted octanol–water partition coefficient (Wildman–Crippen LogP) is 4.27. The third-order valence-electron chi connectivity index (χ3n) is 2.11. The minimum absolute atomic E-state index is 0.128. The molecule has 0 saturated carbocycles. The third-order valence-corrected chi connectivity index (χ3v) is 2.74. The lowest BCUT2D eigenvalue weighted by Gasteiger charge is -2.16. The van der Waals surface area contributed by atoms with Crippen molar-refractivity contribution in [1.82, 2.24) is 0 Å². The molecule has 0 radical (unpaired) electrons. The van der Waals surface area contributed by atoms with Gasteiger partial charge in [0.2, 0.25) is 0 Å². The zero-order valence-corrected chi connectivity index (χ0v) is 10.7. The van der Waals surface area contributed by atoms with Crippen molar-refractivity contribution < 1.29 is 35.9 Å². The largest absolute Gasteiger partial charge is 0.465 e. The molecule has 1 aromatic carbocycles. The van der Waals surface area contributed by atoms with E-state index in [4.69, 9.17) is 0 Å². The van der Waals surface area contributed by atoms with Crippen LogP contribution in [0.15, 0.2) is 16.6 Å². The summed E-state index contributed by atoms with van der Waals surface area (Å²) in [6.45, 7) is 0. The van der Waals surface area contributed by atoms with E-state index in [-0.39, 0.29) is 6.07 Å². The highest BCUT2D eigenvalue weighted by Gasteiger charge is 2.41. The number of ether oxygens (including phenoxy) is 1. The van der Waals surface area contributed by atoms with Crippen molar-refractivity contribution in [3.8, 4) is 0 Å². The van der Waals surface area contributed by atoms with E-state index in [0.29, 0.717) is 6.07 Å². The molecular formula is C10H5BrF6O2. The number of esters is 1. The van der Waals surface area contributed by atoms with Crippen LogP contribution in [0, 0.1) is 0 Å². The van der Waals surface area contributed by atoms with Crippen LogP contribution in [0.5, 0.6) is 0 Å². The van der Waals surface area contributed by atoms with E-state index in [1.54, 1.807) is 0 Å². The van der Waals surface area contributed by atoms with Crippen LogP contribution >= 0.6 is 15.9 Å². The van der Waals surface area contributed by atoms with Crippen LogP contribution < -0.4 is 0 Å². The van der Waals surface area contributed by atoms with Gasteiger partial charge in [0.05, 0.1) is 23.8 Å². The van der Waals surface area contributed by atoms with Gasteiger partial charge in [0, 0.05) is 4.47 Å². The Balaban J connectivity index is 3.62. The summed E-state index contributed by atoms with van der Waals surface area (Å²) < 4.78 is 78.9. The molecule has 0 bridgehead atoms. The number of alkyl halides is 6. The van der Waals surface area contributed by atoms with Gasteiger partial charge < -0.3 is 4.74 Å². The van der Waals surface area contributed by atoms with Crippen LogP contribution in [0.1, 0.15) is 21.5 Å². The summed E-state index contributed by atoms with van der Waals surface area (Å²) in [5.41, 5.74) is -4.22. The lowest BCUT2D eigenvalue weighted by atomic mass is 10.0. The van der Waals surface area contributed by atoms with E-state index >= 15 is 0 Å². The van der Waals surface area contributed by atoms with E-state index in [1.165, 1.54) is 0 Å². The van der Waals surface area contributed by atoms with Gasteiger partial charge in [-0.1, -0.05) is 0 Å². The van der Waals surface area contributed by atoms with Crippen molar-refractivity contribution in [3.63, 3.8) is 0 Å². The van der Waals surface area contributed by atoms with Crippen LogP contribution in [0.25, 0.3) is 0 Å². The number of hydrogen-bond donors (Lipinski definition) is 0. The number of carbonyl (C=O) groups excluding carboxylic acids is 1. The first-order chi connectivity index (χ1) is 8.48. The van der Waals surface area contributed by atoms with E-state index in [1.807, 2.05) is 0 Å². The maximum Gasteiger partial charge on any atom is 0.417 e. The van der Waals surface area contributed by atoms with E-state index in [0.717, 1.165) is 7.11 Å². The number of hydrogen-bond acceptors (Lipinski definition) is 2. The summed E-state index contributed by atoms with van der Waals surface area (Å²) in [5, 5.41) is 0. The first-order valence-corrected chi connectivity index (χ1v) is 5.34. The average molecular weight is 351 g/mol. The molecule has 0 aliphatic carbocycles. The minimum atomic E-state index is -5.12. The fourth-order valence-electron chi connectivity index (χ4n) is 1.30. The molecule has 106 valence electrons. The highest BCUT2D eigenvalue weighted by molar-refractivity contribution is 9.10. The number of carbonyl (C=O) groups is 1. The molecular weight excluding hydrogens is 346 g/mol. The molecule has 0 aliphatic heterocycles. The number of halogens is 7. The summed E-state index contributed by atoms with van der Waals surface area (Å²) in [5.74, 6) is -1.38. The molecule has 2 nitrogen and oxygen atoms in total. The molecule has 0 N–H and O–H groups in total. The van der Waals surface area contributed by atoms with E-state index < -0.39 is 39.5 Å². The highest BCUT2D eigenvalue weighted by atomic mass is 79.9. The van der Waals surface area contributed by atoms with Gasteiger partial charge in [0.15, 0.2) is 0 Å². The first-order valence-electron chi connectivity index (χ1n) is 4.54. The van der Waals surface area contributed by atoms with Crippen LogP contribution in [0.3, 0.4) is 0 Å². The number of rotatable bonds is 1. The van der Waals surface area contributed by atoms with Gasteiger partial charge in [0.1, 0.15) is 0 Å². The Hall–Kier alpha value is -1.25. The summed E-state index contributed by atoms with van der Waals surface area (Å²) in [4.78, 5) is 11.2. The van der Waals surface area contributed by atoms with Crippen LogP contribution in [0.2, 0.25) is 0 Å². The topological polar surface area (TPSA) is 26.3 Å². The Morgan fingerprint density at radius 3 is 2.00 bits per heavy atom. The lowest BCUT2D eigenvalue weighted by Crippen LogP contribution is -2.17. The van der Waals surface area contributed by atoms with Crippen LogP contribution in [-0.2, 0) is 17.1 Å². The summed E-state index contributed by atoms with van der Waals surface area (Å²) in [6.07, 6.45) is -10.1. The van der Waals surface area contributed by atoms with Gasteiger partial charge in [-0.05, 0) is 28.1 Å². The fraction of sp³-hybridized carbons (Fsp3) is 0.300. The van der Waals surface area contributed by atoms with Crippen molar-refractivity contribution in [2.24, 2.45) is 0 Å². The zero-order chi connectivity index (χ0) is 15.0. The second-order valence-electron chi connectivity index (χ2n) is 3.37. The molecule has 0 amide bonds. The number of benzene rings is 1. The van der Waals surface area contributed by atoms with Gasteiger partial charge in [-0.25, -0.2) is 4.79 Å². The molecule has 0 heterocycles. The first kappa shape index (κ1) is 15.8. The monoisotopic (exact) mass is 350 g/mol. The molecule has 0 atom stereocenters. The van der Waals surface area contributed by atoms with Gasteiger partial charge in [0.25, 0.3) is 0 Å². The zero-order valence-electron chi connectivity index (χ0n) is 9.12. The van der Waals surface area contributed by atoms with Crippen molar-refractivity contribution in [2.45, 2.75) is 12.4 Å². The SMILES string of the molecule is COC(=O)c1c(Br)cc(C(F)(F)F)cc1C(F)(F)F. The molecule has 0 fully saturated rings. The van der Waals surface area contributed by atoms with Crippen molar-refractivity contribution >= 4 is 21.9 Å². The molecule has 0 saturated heterocycles. The highest BCUT2D eigenvalue weighted by Crippen LogP contribution is 2.40. The van der Waals surface area contributed by atoms with Gasteiger partial charge in [-0.15, -0.1) is 0 Å². The third kappa shape index (κ3) is 3.40. The molecule has 0 spiro atoms. The Morgan fingerprint density at radius 2 is 1.63 bits per heavy atom. The molecule has 19 heavy (non-hydrogen) atoms. The summed E-state index contributed by atoms with van der Waals surface area (Å²) in [6, 6.07) is 0.262. The minimum Gasteiger partial charge on any atom is -0.465 e. The Bertz CT molecular complexity index is 506. The standard InChI is InChI=1S/C10H5BrF6O2/c1-19-8(18)7-5(10(15,16)17)2-4(3-6(7)11)9(12,13)14/h2-3H,1H3. The second kappa shape index (κ2) is 5.03. The number of methoxy groups -OCH3 is 1. The normalized spacial score (nSPS) is 12.4. The van der Waals surface area contributed by atoms with Gasteiger partial charge in [-0.2, -0.15) is 26.3 Å². The molecule has 0 unspecified atom stereocenters. The Morgan fingerprint density at radius 1 is 1.11 bits per heavy atom. The summed E-state index contributed by atoms with van der Waals surface area (Å²) in [7, 11) is 0.826. The predicted molar refractivity (Wildman–Crippen MR) is 55.5 cm³/mol. The van der Waals surface area contributed by atoms with Gasteiger partial charge >= 0.3 is 18.3 Å². The van der Waals surface area contributed by atoms with Gasteiger partial charge in [-0.3, -0.25) is 0 Å². The Kier molecular flexibility index (Phi) is 4.18. The van der Waals surface area contributed by atoms with Crippen LogP contribution in [0.4, 0.5) is 26.3 Å². The lowest BCUT2D eigenvalue weighted by molar-refractivity contribution is -0.143. The molecule has 9 heteroatoms. The quantitative estimate of drug-likeness (QED) is 0.558. The molecule has 0 aromatic heterocycles. The smallest absolute Gasteiger partial charge is 0.417 e.